The number of imide groups is 1. The van der Waals surface area contributed by atoms with Gasteiger partial charge in [-0.05, 0) is 38.5 Å². The van der Waals surface area contributed by atoms with E-state index >= 15 is 0 Å². The summed E-state index contributed by atoms with van der Waals surface area (Å²) in [6, 6.07) is 5.79. The number of rotatable bonds is 4. The second kappa shape index (κ2) is 6.95. The normalized spacial score (nSPS) is 11.8. The molecule has 0 bridgehead atoms. The van der Waals surface area contributed by atoms with Gasteiger partial charge in [-0.15, -0.1) is 0 Å². The van der Waals surface area contributed by atoms with Crippen molar-refractivity contribution < 1.29 is 18.7 Å². The smallest absolute Gasteiger partial charge is 0.336 e. The van der Waals surface area contributed by atoms with Gasteiger partial charge < -0.3 is 14.5 Å². The van der Waals surface area contributed by atoms with Crippen LogP contribution in [0.5, 0.6) is 5.75 Å². The van der Waals surface area contributed by atoms with E-state index < -0.39 is 23.7 Å². The van der Waals surface area contributed by atoms with Gasteiger partial charge in [0.15, 0.2) is 6.10 Å². The summed E-state index contributed by atoms with van der Waals surface area (Å²) in [5, 5.41) is 5.41. The number of urea groups is 1. The second-order valence-corrected chi connectivity index (χ2v) is 5.02. The summed E-state index contributed by atoms with van der Waals surface area (Å²) in [6.07, 6.45) is -0.883. The molecule has 1 aromatic carbocycles. The van der Waals surface area contributed by atoms with Crippen LogP contribution in [0.15, 0.2) is 33.5 Å². The number of nitrogens with one attached hydrogen (secondary N) is 2. The maximum absolute atomic E-state index is 11.8. The van der Waals surface area contributed by atoms with Crippen LogP contribution >= 0.6 is 0 Å². The Labute approximate surface area is 132 Å². The first-order valence-corrected chi connectivity index (χ1v) is 7.20. The zero-order chi connectivity index (χ0) is 17.0. The van der Waals surface area contributed by atoms with Crippen LogP contribution in [0, 0.1) is 6.92 Å². The van der Waals surface area contributed by atoms with Crippen LogP contribution in [-0.2, 0) is 4.79 Å². The summed E-state index contributed by atoms with van der Waals surface area (Å²) < 4.78 is 10.6. The van der Waals surface area contributed by atoms with Crippen molar-refractivity contribution in [3.05, 3.63) is 40.2 Å². The molecule has 1 atom stereocenters. The van der Waals surface area contributed by atoms with Gasteiger partial charge in [-0.1, -0.05) is 0 Å². The summed E-state index contributed by atoms with van der Waals surface area (Å²) in [5.41, 5.74) is 0.725. The number of carbonyl (C=O) groups is 2. The fraction of sp³-hybridized carbons (Fsp3) is 0.312. The molecule has 2 N–H and O–H groups in total. The summed E-state index contributed by atoms with van der Waals surface area (Å²) in [4.78, 5) is 34.6. The lowest BCUT2D eigenvalue weighted by Gasteiger charge is -2.14. The quantitative estimate of drug-likeness (QED) is 0.836. The zero-order valence-corrected chi connectivity index (χ0v) is 13.1. The Kier molecular flexibility index (Phi) is 5.00. The van der Waals surface area contributed by atoms with Gasteiger partial charge in [0.1, 0.15) is 11.3 Å². The molecule has 0 saturated heterocycles. The minimum Gasteiger partial charge on any atom is -0.481 e. The summed E-state index contributed by atoms with van der Waals surface area (Å²) in [6.45, 7) is 5.49. The zero-order valence-electron chi connectivity index (χ0n) is 13.1. The first-order valence-electron chi connectivity index (χ1n) is 7.20. The van der Waals surface area contributed by atoms with Crippen LogP contribution in [0.2, 0.25) is 0 Å². The Bertz CT molecular complexity index is 797. The van der Waals surface area contributed by atoms with Crippen LogP contribution < -0.4 is 21.0 Å². The van der Waals surface area contributed by atoms with Crippen molar-refractivity contribution in [2.24, 2.45) is 0 Å². The van der Waals surface area contributed by atoms with Crippen LogP contribution in [0.3, 0.4) is 0 Å². The van der Waals surface area contributed by atoms with Crippen LogP contribution in [0.1, 0.15) is 19.4 Å². The van der Waals surface area contributed by atoms with Crippen molar-refractivity contribution >= 4 is 22.9 Å². The third-order valence-corrected chi connectivity index (χ3v) is 3.18. The molecular weight excluding hydrogens is 300 g/mol. The number of fused-ring (bicyclic) bond motifs is 1. The lowest BCUT2D eigenvalue weighted by Crippen LogP contribution is -2.45. The number of benzene rings is 1. The Hall–Kier alpha value is -2.83. The predicted octanol–water partition coefficient (Wildman–Crippen LogP) is 1.71. The number of ether oxygens (including phenoxy) is 1. The van der Waals surface area contributed by atoms with Crippen molar-refractivity contribution in [3.8, 4) is 5.75 Å². The fourth-order valence-corrected chi connectivity index (χ4v) is 2.05. The van der Waals surface area contributed by atoms with Gasteiger partial charge >= 0.3 is 11.7 Å². The molecule has 2 aromatic rings. The molecule has 0 aliphatic carbocycles. The Morgan fingerprint density at radius 3 is 2.74 bits per heavy atom. The van der Waals surface area contributed by atoms with Gasteiger partial charge in [-0.3, -0.25) is 10.1 Å². The minimum absolute atomic E-state index is 0.366. The van der Waals surface area contributed by atoms with E-state index in [9.17, 15) is 14.4 Å². The van der Waals surface area contributed by atoms with Gasteiger partial charge in [0.05, 0.1) is 0 Å². The predicted molar refractivity (Wildman–Crippen MR) is 84.5 cm³/mol. The molecule has 1 aromatic heterocycles. The third kappa shape index (κ3) is 4.09. The summed E-state index contributed by atoms with van der Waals surface area (Å²) in [7, 11) is 0. The van der Waals surface area contributed by atoms with E-state index in [0.29, 0.717) is 17.9 Å². The second-order valence-electron chi connectivity index (χ2n) is 5.02. The van der Waals surface area contributed by atoms with E-state index in [-0.39, 0.29) is 0 Å². The topological polar surface area (TPSA) is 97.6 Å². The third-order valence-electron chi connectivity index (χ3n) is 3.18. The summed E-state index contributed by atoms with van der Waals surface area (Å²) in [5.74, 6) is -0.202. The maximum atomic E-state index is 11.8. The molecule has 0 unspecified atom stereocenters. The van der Waals surface area contributed by atoms with Gasteiger partial charge in [-0.2, -0.15) is 0 Å². The van der Waals surface area contributed by atoms with Crippen molar-refractivity contribution in [1.82, 2.24) is 10.6 Å². The number of hydrogen-bond acceptors (Lipinski definition) is 5. The number of aryl methyl sites for hydroxylation is 1. The average Bonchev–Trinajstić information content (AvgIpc) is 2.46. The number of amides is 3. The molecule has 122 valence electrons. The molecular formula is C16H18N2O5. The highest BCUT2D eigenvalue weighted by Gasteiger charge is 2.17. The number of hydrogen-bond donors (Lipinski definition) is 2. The van der Waals surface area contributed by atoms with Gasteiger partial charge in [0, 0.05) is 24.1 Å². The van der Waals surface area contributed by atoms with E-state index in [4.69, 9.17) is 9.15 Å². The molecule has 0 radical (unpaired) electrons. The molecule has 0 saturated carbocycles. The van der Waals surface area contributed by atoms with Gasteiger partial charge in [-0.25, -0.2) is 9.59 Å². The van der Waals surface area contributed by atoms with Crippen LogP contribution in [-0.4, -0.2) is 24.6 Å². The molecule has 0 fully saturated rings. The molecule has 2 rings (SSSR count). The maximum Gasteiger partial charge on any atom is 0.336 e. The lowest BCUT2D eigenvalue weighted by atomic mass is 10.1. The molecule has 0 aliphatic rings. The highest BCUT2D eigenvalue weighted by atomic mass is 16.5. The van der Waals surface area contributed by atoms with Crippen molar-refractivity contribution in [2.75, 3.05) is 6.54 Å². The molecule has 7 heteroatoms. The van der Waals surface area contributed by atoms with Crippen molar-refractivity contribution in [3.63, 3.8) is 0 Å². The monoisotopic (exact) mass is 318 g/mol. The average molecular weight is 318 g/mol. The molecule has 23 heavy (non-hydrogen) atoms. The lowest BCUT2D eigenvalue weighted by molar-refractivity contribution is -0.126. The first kappa shape index (κ1) is 16.5. The van der Waals surface area contributed by atoms with E-state index in [1.807, 2.05) is 6.92 Å². The Morgan fingerprint density at radius 2 is 2.04 bits per heavy atom. The largest absolute Gasteiger partial charge is 0.481 e. The van der Waals surface area contributed by atoms with E-state index in [1.165, 1.54) is 13.0 Å². The highest BCUT2D eigenvalue weighted by Crippen LogP contribution is 2.22. The Morgan fingerprint density at radius 1 is 1.30 bits per heavy atom. The standard InChI is InChI=1S/C16H18N2O5/c1-4-17-16(21)18-15(20)10(3)22-11-5-6-12-9(2)7-14(19)23-13(12)8-11/h5-8,10H,4H2,1-3H3,(H2,17,18,20,21)/t10-/m1/s1. The molecule has 0 aliphatic heterocycles. The fourth-order valence-electron chi connectivity index (χ4n) is 2.05. The highest BCUT2D eigenvalue weighted by molar-refractivity contribution is 5.96. The summed E-state index contributed by atoms with van der Waals surface area (Å²) >= 11 is 0. The van der Waals surface area contributed by atoms with E-state index in [2.05, 4.69) is 10.6 Å². The minimum atomic E-state index is -0.883. The van der Waals surface area contributed by atoms with E-state index in [0.717, 1.165) is 10.9 Å². The van der Waals surface area contributed by atoms with Gasteiger partial charge in [0.2, 0.25) is 0 Å². The Balaban J connectivity index is 2.13. The number of carbonyl (C=O) groups excluding carboxylic acids is 2. The molecule has 1 heterocycles. The van der Waals surface area contributed by atoms with Gasteiger partial charge in [0.25, 0.3) is 5.91 Å². The SMILES string of the molecule is CCNC(=O)NC(=O)[C@@H](C)Oc1ccc2c(C)cc(=O)oc2c1. The van der Waals surface area contributed by atoms with Crippen molar-refractivity contribution in [2.45, 2.75) is 26.9 Å². The molecule has 3 amide bonds. The molecule has 7 nitrogen and oxygen atoms in total. The molecule has 0 spiro atoms. The van der Waals surface area contributed by atoms with Crippen molar-refractivity contribution in [1.29, 1.82) is 0 Å². The van der Waals surface area contributed by atoms with E-state index in [1.54, 1.807) is 25.1 Å². The van der Waals surface area contributed by atoms with Crippen LogP contribution in [0.4, 0.5) is 4.79 Å². The van der Waals surface area contributed by atoms with Crippen LogP contribution in [0.25, 0.3) is 11.0 Å². The first-order chi connectivity index (χ1) is 10.9.